The number of hydrazone groups is 1. The smallest absolute Gasteiger partial charge is 0.271 e. The Kier molecular flexibility index (Phi) is 7.12. The first-order valence-electron chi connectivity index (χ1n) is 10.3. The van der Waals surface area contributed by atoms with E-state index in [1.54, 1.807) is 54.4 Å². The second-order valence-electron chi connectivity index (χ2n) is 7.32. The molecule has 0 atom stereocenters. The van der Waals surface area contributed by atoms with E-state index < -0.39 is 0 Å². The number of amides is 2. The van der Waals surface area contributed by atoms with Crippen LogP contribution in [0.25, 0.3) is 10.9 Å². The molecule has 1 heterocycles. The van der Waals surface area contributed by atoms with Gasteiger partial charge in [-0.2, -0.15) is 5.10 Å². The van der Waals surface area contributed by atoms with E-state index >= 15 is 0 Å². The molecule has 33 heavy (non-hydrogen) atoms. The minimum Gasteiger partial charge on any atom is -0.326 e. The van der Waals surface area contributed by atoms with E-state index in [-0.39, 0.29) is 11.8 Å². The van der Waals surface area contributed by atoms with Crippen LogP contribution in [0.15, 0.2) is 95.1 Å². The first-order valence-corrected chi connectivity index (χ1v) is 11.3. The Balaban J connectivity index is 1.31. The summed E-state index contributed by atoms with van der Waals surface area (Å²) in [4.78, 5) is 29.0. The second kappa shape index (κ2) is 10.6. The van der Waals surface area contributed by atoms with Gasteiger partial charge in [-0.3, -0.25) is 14.6 Å². The number of fused-ring (bicyclic) bond motifs is 1. The average molecular weight is 455 g/mol. The highest BCUT2D eigenvalue weighted by atomic mass is 32.2. The molecule has 0 spiro atoms. The van der Waals surface area contributed by atoms with E-state index in [4.69, 9.17) is 0 Å². The number of pyridine rings is 1. The minimum atomic E-state index is -0.279. The van der Waals surface area contributed by atoms with Crippen LogP contribution >= 0.6 is 11.8 Å². The lowest BCUT2D eigenvalue weighted by Gasteiger charge is -2.06. The van der Waals surface area contributed by atoms with E-state index in [1.807, 2.05) is 30.5 Å². The molecule has 0 bridgehead atoms. The van der Waals surface area contributed by atoms with Crippen LogP contribution in [0.4, 0.5) is 5.69 Å². The van der Waals surface area contributed by atoms with Crippen LogP contribution in [0.1, 0.15) is 28.4 Å². The first-order chi connectivity index (χ1) is 16.1. The molecule has 0 saturated heterocycles. The number of aromatic nitrogens is 1. The number of benzene rings is 3. The molecule has 0 fully saturated rings. The summed E-state index contributed by atoms with van der Waals surface area (Å²) in [5.74, 6) is 0.377. The maximum atomic E-state index is 12.4. The van der Waals surface area contributed by atoms with Crippen LogP contribution in [0.5, 0.6) is 0 Å². The Morgan fingerprint density at radius 1 is 0.970 bits per heavy atom. The van der Waals surface area contributed by atoms with Crippen molar-refractivity contribution in [3.8, 4) is 0 Å². The largest absolute Gasteiger partial charge is 0.326 e. The third-order valence-electron chi connectivity index (χ3n) is 4.82. The van der Waals surface area contributed by atoms with Crippen molar-refractivity contribution in [2.75, 3.05) is 5.32 Å². The minimum absolute atomic E-state index is 0.126. The fraction of sp³-hybridized carbons (Fsp3) is 0.0769. The fourth-order valence-corrected chi connectivity index (χ4v) is 4.19. The molecule has 0 aliphatic rings. The highest BCUT2D eigenvalue weighted by Gasteiger charge is 2.06. The summed E-state index contributed by atoms with van der Waals surface area (Å²) in [5, 5.41) is 7.84. The number of anilines is 1. The van der Waals surface area contributed by atoms with Crippen LogP contribution < -0.4 is 10.7 Å². The monoisotopic (exact) mass is 454 g/mol. The maximum absolute atomic E-state index is 12.4. The zero-order valence-electron chi connectivity index (χ0n) is 18.0. The molecule has 2 N–H and O–H groups in total. The maximum Gasteiger partial charge on any atom is 0.271 e. The summed E-state index contributed by atoms with van der Waals surface area (Å²) in [5.41, 5.74) is 6.71. The summed E-state index contributed by atoms with van der Waals surface area (Å²) < 4.78 is 0. The van der Waals surface area contributed by atoms with Crippen molar-refractivity contribution >= 4 is 46.4 Å². The Morgan fingerprint density at radius 2 is 1.73 bits per heavy atom. The Hall–Kier alpha value is -3.97. The third kappa shape index (κ3) is 6.05. The van der Waals surface area contributed by atoms with Gasteiger partial charge in [-0.15, -0.1) is 11.8 Å². The molecule has 164 valence electrons. The number of rotatable bonds is 7. The van der Waals surface area contributed by atoms with Crippen LogP contribution in [-0.4, -0.2) is 23.0 Å². The van der Waals surface area contributed by atoms with Crippen molar-refractivity contribution in [2.45, 2.75) is 17.6 Å². The number of nitrogens with one attached hydrogen (secondary N) is 2. The quantitative estimate of drug-likeness (QED) is 0.227. The summed E-state index contributed by atoms with van der Waals surface area (Å²) in [6, 6.07) is 24.8. The van der Waals surface area contributed by atoms with Crippen molar-refractivity contribution in [3.63, 3.8) is 0 Å². The molecule has 0 unspecified atom stereocenters. The molecule has 3 aromatic carbocycles. The third-order valence-corrected chi connectivity index (χ3v) is 5.94. The molecular weight excluding hydrogens is 432 g/mol. The normalized spacial score (nSPS) is 10.9. The molecular formula is C26H22N4O2S. The lowest BCUT2D eigenvalue weighted by atomic mass is 10.1. The number of thioether (sulfide) groups is 1. The summed E-state index contributed by atoms with van der Waals surface area (Å²) >= 11 is 1.72. The van der Waals surface area contributed by atoms with Gasteiger partial charge in [-0.25, -0.2) is 5.43 Å². The molecule has 6 nitrogen and oxygen atoms in total. The van der Waals surface area contributed by atoms with Gasteiger partial charge >= 0.3 is 0 Å². The molecule has 7 heteroatoms. The molecule has 0 saturated carbocycles. The van der Waals surface area contributed by atoms with E-state index in [1.165, 1.54) is 6.92 Å². The number of carbonyl (C=O) groups excluding carboxylic acids is 2. The molecule has 4 rings (SSSR count). The highest BCUT2D eigenvalue weighted by molar-refractivity contribution is 7.98. The first kappa shape index (κ1) is 22.2. The Labute approximate surface area is 196 Å². The predicted octanol–water partition coefficient (Wildman–Crippen LogP) is 5.25. The van der Waals surface area contributed by atoms with Gasteiger partial charge < -0.3 is 5.32 Å². The molecule has 0 aliphatic carbocycles. The molecule has 4 aromatic rings. The lowest BCUT2D eigenvalue weighted by molar-refractivity contribution is -0.114. The zero-order valence-corrected chi connectivity index (χ0v) is 18.8. The van der Waals surface area contributed by atoms with E-state index in [2.05, 4.69) is 39.0 Å². The number of hydrogen-bond acceptors (Lipinski definition) is 5. The molecule has 1 aromatic heterocycles. The van der Waals surface area contributed by atoms with Crippen molar-refractivity contribution in [1.82, 2.24) is 10.4 Å². The Morgan fingerprint density at radius 3 is 2.48 bits per heavy atom. The van der Waals surface area contributed by atoms with Gasteiger partial charge in [-0.05, 0) is 47.5 Å². The van der Waals surface area contributed by atoms with Crippen molar-refractivity contribution in [2.24, 2.45) is 5.10 Å². The molecule has 2 amide bonds. The lowest BCUT2D eigenvalue weighted by Crippen LogP contribution is -2.17. The SMILES string of the molecule is CC(=O)Nc1ccc(/C=N\NC(=O)c2ccc(CSc3cccc4cccnc34)cc2)cc1. The van der Waals surface area contributed by atoms with Gasteiger partial charge in [0.2, 0.25) is 5.91 Å². The Bertz CT molecular complexity index is 1300. The molecule has 0 aliphatic heterocycles. The van der Waals surface area contributed by atoms with Crippen LogP contribution in [0, 0.1) is 0 Å². The number of para-hydroxylation sites is 1. The zero-order chi connectivity index (χ0) is 23.0. The number of nitrogens with zero attached hydrogens (tertiary/aromatic N) is 2. The second-order valence-corrected chi connectivity index (χ2v) is 8.34. The van der Waals surface area contributed by atoms with Gasteiger partial charge in [0.05, 0.1) is 11.7 Å². The van der Waals surface area contributed by atoms with Crippen molar-refractivity contribution in [1.29, 1.82) is 0 Å². The van der Waals surface area contributed by atoms with Gasteiger partial charge in [0, 0.05) is 40.4 Å². The molecule has 0 radical (unpaired) electrons. The number of hydrogen-bond donors (Lipinski definition) is 2. The fourth-order valence-electron chi connectivity index (χ4n) is 3.19. The van der Waals surface area contributed by atoms with Gasteiger partial charge in [0.25, 0.3) is 5.91 Å². The van der Waals surface area contributed by atoms with Gasteiger partial charge in [0.1, 0.15) is 0 Å². The van der Waals surface area contributed by atoms with Crippen molar-refractivity contribution < 1.29 is 9.59 Å². The summed E-state index contributed by atoms with van der Waals surface area (Å²) in [6.07, 6.45) is 3.36. The summed E-state index contributed by atoms with van der Waals surface area (Å²) in [7, 11) is 0. The van der Waals surface area contributed by atoms with Crippen LogP contribution in [0.3, 0.4) is 0 Å². The highest BCUT2D eigenvalue weighted by Crippen LogP contribution is 2.28. The average Bonchev–Trinajstić information content (AvgIpc) is 2.83. The van der Waals surface area contributed by atoms with E-state index in [0.717, 1.165) is 32.7 Å². The topological polar surface area (TPSA) is 83.5 Å². The van der Waals surface area contributed by atoms with Crippen LogP contribution in [0.2, 0.25) is 0 Å². The summed E-state index contributed by atoms with van der Waals surface area (Å²) in [6.45, 7) is 1.46. The van der Waals surface area contributed by atoms with E-state index in [0.29, 0.717) is 11.3 Å². The standard InChI is InChI=1S/C26H22N4O2S/c1-18(31)29-23-13-9-19(10-14-23)16-28-30-26(32)22-11-7-20(8-12-22)17-33-24-6-2-4-21-5-3-15-27-25(21)24/h2-16H,17H2,1H3,(H,29,31)(H,30,32)/b28-16-. The number of carbonyl (C=O) groups is 2. The van der Waals surface area contributed by atoms with Crippen LogP contribution in [-0.2, 0) is 10.5 Å². The van der Waals surface area contributed by atoms with Gasteiger partial charge in [-0.1, -0.05) is 42.5 Å². The van der Waals surface area contributed by atoms with Crippen molar-refractivity contribution in [3.05, 3.63) is 102 Å². The predicted molar refractivity (Wildman–Crippen MR) is 134 cm³/mol. The van der Waals surface area contributed by atoms with Gasteiger partial charge in [0.15, 0.2) is 0 Å². The van der Waals surface area contributed by atoms with E-state index in [9.17, 15) is 9.59 Å².